The molecule has 2 unspecified atom stereocenters. The summed E-state index contributed by atoms with van der Waals surface area (Å²) >= 11 is 5.53. The summed E-state index contributed by atoms with van der Waals surface area (Å²) in [6.07, 6.45) is 1.23. The van der Waals surface area contributed by atoms with E-state index in [2.05, 4.69) is 26.1 Å². The largest absolute Gasteiger partial charge is 0.313 e. The fraction of sp³-hybridized carbons (Fsp3) is 1.00. The number of hydrogen-bond acceptors (Lipinski definition) is 1. The zero-order valence-electron chi connectivity index (χ0n) is 7.15. The van der Waals surface area contributed by atoms with Gasteiger partial charge in [-0.25, -0.2) is 0 Å². The summed E-state index contributed by atoms with van der Waals surface area (Å²) < 4.78 is 0. The third-order valence-corrected chi connectivity index (χ3v) is 2.25. The maximum Gasteiger partial charge on any atom is 0.0348 e. The lowest BCUT2D eigenvalue weighted by Gasteiger charge is -2.18. The molecule has 0 saturated heterocycles. The smallest absolute Gasteiger partial charge is 0.0348 e. The van der Waals surface area contributed by atoms with Gasteiger partial charge >= 0.3 is 0 Å². The van der Waals surface area contributed by atoms with Crippen molar-refractivity contribution in [2.45, 2.75) is 33.2 Å². The lowest BCUT2D eigenvalue weighted by molar-refractivity contribution is 0.399. The molecule has 62 valence electrons. The Labute approximate surface area is 69.1 Å². The molecule has 0 bridgehead atoms. The Hall–Kier alpha value is 0.250. The summed E-state index contributed by atoms with van der Waals surface area (Å²) in [4.78, 5) is 0. The maximum absolute atomic E-state index is 5.53. The predicted octanol–water partition coefficient (Wildman–Crippen LogP) is 2.25. The normalized spacial score (nSPS) is 16.8. The Balaban J connectivity index is 3.31. The monoisotopic (exact) mass is 163 g/mol. The van der Waals surface area contributed by atoms with Crippen molar-refractivity contribution in [3.8, 4) is 0 Å². The minimum atomic E-state index is 0.601. The van der Waals surface area contributed by atoms with Gasteiger partial charge in [-0.2, -0.15) is 0 Å². The number of rotatable bonds is 5. The molecule has 0 aliphatic carbocycles. The molecule has 0 aliphatic rings. The lowest BCUT2D eigenvalue weighted by Crippen LogP contribution is -2.33. The van der Waals surface area contributed by atoms with Crippen molar-refractivity contribution in [2.75, 3.05) is 12.4 Å². The van der Waals surface area contributed by atoms with Crippen LogP contribution in [-0.4, -0.2) is 18.5 Å². The van der Waals surface area contributed by atoms with Gasteiger partial charge in [-0.05, 0) is 12.8 Å². The van der Waals surface area contributed by atoms with Gasteiger partial charge in [0.25, 0.3) is 0 Å². The highest BCUT2D eigenvalue weighted by Gasteiger charge is 2.07. The van der Waals surface area contributed by atoms with Crippen LogP contribution in [0.4, 0.5) is 0 Å². The summed E-state index contributed by atoms with van der Waals surface area (Å²) in [5.41, 5.74) is 0. The quantitative estimate of drug-likeness (QED) is 0.614. The van der Waals surface area contributed by atoms with E-state index in [0.717, 1.165) is 12.5 Å². The van der Waals surface area contributed by atoms with E-state index in [4.69, 9.17) is 11.6 Å². The molecule has 2 atom stereocenters. The minimum absolute atomic E-state index is 0.601. The van der Waals surface area contributed by atoms with Crippen molar-refractivity contribution in [3.63, 3.8) is 0 Å². The molecule has 0 radical (unpaired) electrons. The van der Waals surface area contributed by atoms with Crippen molar-refractivity contribution >= 4 is 11.6 Å². The van der Waals surface area contributed by atoms with Crippen LogP contribution in [0.15, 0.2) is 0 Å². The second-order valence-corrected chi connectivity index (χ2v) is 3.20. The zero-order valence-corrected chi connectivity index (χ0v) is 7.91. The molecule has 1 nitrogen and oxygen atoms in total. The summed E-state index contributed by atoms with van der Waals surface area (Å²) in [6, 6.07) is 0.601. The Morgan fingerprint density at radius 3 is 2.40 bits per heavy atom. The Kier molecular flexibility index (Phi) is 6.14. The van der Waals surface area contributed by atoms with Gasteiger partial charge in [0, 0.05) is 18.5 Å². The Morgan fingerprint density at radius 2 is 2.00 bits per heavy atom. The first-order valence-electron chi connectivity index (χ1n) is 4.01. The number of hydrogen-bond donors (Lipinski definition) is 1. The lowest BCUT2D eigenvalue weighted by atomic mass is 10.0. The molecule has 0 amide bonds. The molecule has 0 heterocycles. The SMILES string of the molecule is CCC(C)C(C)NCCCl. The van der Waals surface area contributed by atoms with Crippen molar-refractivity contribution < 1.29 is 0 Å². The van der Waals surface area contributed by atoms with Crippen LogP contribution in [0.5, 0.6) is 0 Å². The molecule has 0 spiro atoms. The van der Waals surface area contributed by atoms with E-state index in [0.29, 0.717) is 11.9 Å². The molecule has 10 heavy (non-hydrogen) atoms. The van der Waals surface area contributed by atoms with Crippen LogP contribution < -0.4 is 5.32 Å². The van der Waals surface area contributed by atoms with E-state index in [1.54, 1.807) is 0 Å². The minimum Gasteiger partial charge on any atom is -0.313 e. The zero-order chi connectivity index (χ0) is 7.98. The van der Waals surface area contributed by atoms with E-state index < -0.39 is 0 Å². The van der Waals surface area contributed by atoms with Gasteiger partial charge < -0.3 is 5.32 Å². The van der Waals surface area contributed by atoms with Gasteiger partial charge in [0.05, 0.1) is 0 Å². The van der Waals surface area contributed by atoms with Gasteiger partial charge in [0.15, 0.2) is 0 Å². The van der Waals surface area contributed by atoms with Crippen LogP contribution in [0.3, 0.4) is 0 Å². The number of nitrogens with one attached hydrogen (secondary N) is 1. The summed E-state index contributed by atoms with van der Waals surface area (Å²) in [5.74, 6) is 1.46. The van der Waals surface area contributed by atoms with Crippen LogP contribution in [0.2, 0.25) is 0 Å². The first-order valence-corrected chi connectivity index (χ1v) is 4.55. The van der Waals surface area contributed by atoms with Crippen LogP contribution in [0.25, 0.3) is 0 Å². The van der Waals surface area contributed by atoms with Crippen LogP contribution in [-0.2, 0) is 0 Å². The van der Waals surface area contributed by atoms with E-state index >= 15 is 0 Å². The van der Waals surface area contributed by atoms with E-state index in [1.807, 2.05) is 0 Å². The Morgan fingerprint density at radius 1 is 1.40 bits per heavy atom. The first-order chi connectivity index (χ1) is 4.72. The van der Waals surface area contributed by atoms with Crippen molar-refractivity contribution in [1.82, 2.24) is 5.32 Å². The van der Waals surface area contributed by atoms with E-state index in [9.17, 15) is 0 Å². The average molecular weight is 164 g/mol. The first kappa shape index (κ1) is 10.2. The van der Waals surface area contributed by atoms with Gasteiger partial charge in [0.2, 0.25) is 0 Å². The van der Waals surface area contributed by atoms with Gasteiger partial charge in [-0.1, -0.05) is 20.3 Å². The fourth-order valence-corrected chi connectivity index (χ4v) is 0.946. The van der Waals surface area contributed by atoms with Crippen molar-refractivity contribution in [1.29, 1.82) is 0 Å². The second kappa shape index (κ2) is 5.99. The summed E-state index contributed by atoms with van der Waals surface area (Å²) in [6.45, 7) is 7.60. The summed E-state index contributed by atoms with van der Waals surface area (Å²) in [7, 11) is 0. The van der Waals surface area contributed by atoms with Crippen molar-refractivity contribution in [3.05, 3.63) is 0 Å². The molecule has 0 aromatic heterocycles. The molecule has 1 N–H and O–H groups in total. The highest BCUT2D eigenvalue weighted by molar-refractivity contribution is 6.18. The topological polar surface area (TPSA) is 12.0 Å². The van der Waals surface area contributed by atoms with Gasteiger partial charge in [0.1, 0.15) is 0 Å². The van der Waals surface area contributed by atoms with Crippen LogP contribution in [0, 0.1) is 5.92 Å². The molecular weight excluding hydrogens is 146 g/mol. The number of alkyl halides is 1. The molecular formula is C8H18ClN. The third kappa shape index (κ3) is 4.13. The highest BCUT2D eigenvalue weighted by Crippen LogP contribution is 2.05. The average Bonchev–Trinajstić information content (AvgIpc) is 1.98. The van der Waals surface area contributed by atoms with Crippen molar-refractivity contribution in [2.24, 2.45) is 5.92 Å². The molecule has 0 aromatic rings. The molecule has 2 heteroatoms. The maximum atomic E-state index is 5.53. The molecule has 0 aromatic carbocycles. The standard InChI is InChI=1S/C8H18ClN/c1-4-7(2)8(3)10-6-5-9/h7-8,10H,4-6H2,1-3H3. The highest BCUT2D eigenvalue weighted by atomic mass is 35.5. The second-order valence-electron chi connectivity index (χ2n) is 2.82. The van der Waals surface area contributed by atoms with Gasteiger partial charge in [-0.15, -0.1) is 11.6 Å². The molecule has 0 fully saturated rings. The van der Waals surface area contributed by atoms with Crippen LogP contribution >= 0.6 is 11.6 Å². The molecule has 0 rings (SSSR count). The molecule has 0 saturated carbocycles. The third-order valence-electron chi connectivity index (χ3n) is 2.06. The van der Waals surface area contributed by atoms with Gasteiger partial charge in [-0.3, -0.25) is 0 Å². The number of halogens is 1. The predicted molar refractivity (Wildman–Crippen MR) is 47.6 cm³/mol. The van der Waals surface area contributed by atoms with Crippen LogP contribution in [0.1, 0.15) is 27.2 Å². The molecule has 0 aliphatic heterocycles. The summed E-state index contributed by atoms with van der Waals surface area (Å²) in [5, 5.41) is 3.35. The Bertz CT molecular complexity index is 75.7. The van der Waals surface area contributed by atoms with E-state index in [-0.39, 0.29) is 0 Å². The fourth-order valence-electron chi connectivity index (χ4n) is 0.837. The van der Waals surface area contributed by atoms with E-state index in [1.165, 1.54) is 6.42 Å².